The van der Waals surface area contributed by atoms with Crippen molar-refractivity contribution in [3.8, 4) is 0 Å². The predicted octanol–water partition coefficient (Wildman–Crippen LogP) is 0.642. The highest BCUT2D eigenvalue weighted by atomic mass is 32.2. The molecule has 7 nitrogen and oxygen atoms in total. The number of hydrogen-bond donors (Lipinski definition) is 0. The van der Waals surface area contributed by atoms with Crippen LogP contribution in [-0.4, -0.2) is 44.2 Å². The number of nitro groups is 1. The van der Waals surface area contributed by atoms with Crippen molar-refractivity contribution in [2.75, 3.05) is 29.5 Å². The van der Waals surface area contributed by atoms with Gasteiger partial charge in [-0.2, -0.15) is 0 Å². The largest absolute Gasteiger partial charge is 0.369 e. The molecule has 0 atom stereocenters. The molecule has 0 aliphatic carbocycles. The Kier molecular flexibility index (Phi) is 3.52. The summed E-state index contributed by atoms with van der Waals surface area (Å²) in [5.74, 6) is 0.112. The number of rotatable bonds is 3. The van der Waals surface area contributed by atoms with Gasteiger partial charge in [0.25, 0.3) is 5.69 Å². The maximum absolute atomic E-state index is 11.3. The molecule has 1 saturated heterocycles. The summed E-state index contributed by atoms with van der Waals surface area (Å²) < 4.78 is 22.6. The summed E-state index contributed by atoms with van der Waals surface area (Å²) in [5.41, 5.74) is 0.377. The molecule has 1 fully saturated rings. The summed E-state index contributed by atoms with van der Waals surface area (Å²) >= 11 is 0. The number of carbonyl (C=O) groups excluding carboxylic acids is 1. The van der Waals surface area contributed by atoms with Crippen LogP contribution in [0.2, 0.25) is 0 Å². The van der Waals surface area contributed by atoms with Gasteiger partial charge >= 0.3 is 0 Å². The molecule has 0 unspecified atom stereocenters. The molecule has 19 heavy (non-hydrogen) atoms. The fourth-order valence-electron chi connectivity index (χ4n) is 1.97. The zero-order valence-corrected chi connectivity index (χ0v) is 10.8. The van der Waals surface area contributed by atoms with Crippen molar-refractivity contribution in [2.45, 2.75) is 0 Å². The van der Waals surface area contributed by atoms with Gasteiger partial charge < -0.3 is 4.90 Å². The minimum Gasteiger partial charge on any atom is -0.369 e. The Hall–Kier alpha value is -1.96. The quantitative estimate of drug-likeness (QED) is 0.459. The molecule has 1 aromatic carbocycles. The van der Waals surface area contributed by atoms with E-state index in [0.717, 1.165) is 0 Å². The van der Waals surface area contributed by atoms with Gasteiger partial charge in [0.1, 0.15) is 0 Å². The molecule has 0 saturated carbocycles. The monoisotopic (exact) mass is 284 g/mol. The van der Waals surface area contributed by atoms with Gasteiger partial charge in [0.15, 0.2) is 16.1 Å². The molecule has 0 bridgehead atoms. The van der Waals surface area contributed by atoms with Crippen molar-refractivity contribution in [3.05, 3.63) is 33.9 Å². The van der Waals surface area contributed by atoms with Gasteiger partial charge in [0, 0.05) is 24.8 Å². The topological polar surface area (TPSA) is 97.6 Å². The first-order chi connectivity index (χ1) is 8.93. The van der Waals surface area contributed by atoms with E-state index in [1.54, 1.807) is 4.90 Å². The van der Waals surface area contributed by atoms with E-state index < -0.39 is 14.8 Å². The van der Waals surface area contributed by atoms with Crippen LogP contribution in [0.25, 0.3) is 0 Å². The van der Waals surface area contributed by atoms with Crippen molar-refractivity contribution < 1.29 is 18.1 Å². The Morgan fingerprint density at radius 2 is 1.89 bits per heavy atom. The number of hydrogen-bond acceptors (Lipinski definition) is 6. The summed E-state index contributed by atoms with van der Waals surface area (Å²) in [4.78, 5) is 22.7. The van der Waals surface area contributed by atoms with Crippen LogP contribution in [0.1, 0.15) is 10.4 Å². The summed E-state index contributed by atoms with van der Waals surface area (Å²) in [7, 11) is -2.98. The van der Waals surface area contributed by atoms with Crippen LogP contribution >= 0.6 is 0 Å². The molecule has 1 aliphatic rings. The molecule has 1 heterocycles. The molecule has 1 aliphatic heterocycles. The van der Waals surface area contributed by atoms with Crippen LogP contribution in [0.15, 0.2) is 18.2 Å². The lowest BCUT2D eigenvalue weighted by Gasteiger charge is -2.28. The fourth-order valence-corrected chi connectivity index (χ4v) is 3.17. The second-order valence-electron chi connectivity index (χ2n) is 4.26. The Balaban J connectivity index is 2.27. The lowest BCUT2D eigenvalue weighted by molar-refractivity contribution is -0.385. The normalized spacial score (nSPS) is 18.0. The van der Waals surface area contributed by atoms with Gasteiger partial charge in [0.2, 0.25) is 0 Å². The van der Waals surface area contributed by atoms with Crippen LogP contribution in [-0.2, 0) is 9.84 Å². The van der Waals surface area contributed by atoms with Crippen LogP contribution in [0.3, 0.4) is 0 Å². The number of nitro benzene ring substituents is 1. The van der Waals surface area contributed by atoms with Gasteiger partial charge in [-0.3, -0.25) is 14.9 Å². The second-order valence-corrected chi connectivity index (χ2v) is 6.56. The Labute approximate surface area is 109 Å². The van der Waals surface area contributed by atoms with E-state index >= 15 is 0 Å². The summed E-state index contributed by atoms with van der Waals surface area (Å²) in [5, 5.41) is 10.7. The highest BCUT2D eigenvalue weighted by molar-refractivity contribution is 7.91. The van der Waals surface area contributed by atoms with Crippen LogP contribution in [0.4, 0.5) is 11.4 Å². The first kappa shape index (κ1) is 13.5. The zero-order chi connectivity index (χ0) is 14.0. The molecule has 0 spiro atoms. The van der Waals surface area contributed by atoms with E-state index in [1.165, 1.54) is 18.2 Å². The molecule has 102 valence electrons. The number of nitrogens with zero attached hydrogens (tertiary/aromatic N) is 2. The smallest absolute Gasteiger partial charge is 0.280 e. The van der Waals surface area contributed by atoms with Gasteiger partial charge in [-0.15, -0.1) is 0 Å². The first-order valence-electron chi connectivity index (χ1n) is 5.62. The minimum atomic E-state index is -2.98. The first-order valence-corrected chi connectivity index (χ1v) is 7.44. The Morgan fingerprint density at radius 1 is 1.26 bits per heavy atom. The molecular weight excluding hydrogens is 272 g/mol. The SMILES string of the molecule is O=Cc1cc(N2CCS(=O)(=O)CC2)ccc1[N+](=O)[O-]. The van der Waals surface area contributed by atoms with E-state index in [1.807, 2.05) is 0 Å². The summed E-state index contributed by atoms with van der Waals surface area (Å²) in [6.07, 6.45) is 0.433. The van der Waals surface area contributed by atoms with Crippen molar-refractivity contribution >= 4 is 27.5 Å². The standard InChI is InChI=1S/C11H12N2O5S/c14-8-9-7-10(1-2-11(9)13(15)16)12-3-5-19(17,18)6-4-12/h1-2,7-8H,3-6H2. The lowest BCUT2D eigenvalue weighted by Crippen LogP contribution is -2.40. The van der Waals surface area contributed by atoms with Crippen molar-refractivity contribution in [1.82, 2.24) is 0 Å². The van der Waals surface area contributed by atoms with Gasteiger partial charge in [-0.05, 0) is 12.1 Å². The third-order valence-electron chi connectivity index (χ3n) is 3.04. The third kappa shape index (κ3) is 2.90. The van der Waals surface area contributed by atoms with Gasteiger partial charge in [-0.1, -0.05) is 0 Å². The second kappa shape index (κ2) is 4.96. The third-order valence-corrected chi connectivity index (χ3v) is 4.65. The van der Waals surface area contributed by atoms with E-state index in [9.17, 15) is 23.3 Å². The zero-order valence-electron chi connectivity index (χ0n) is 9.98. The fraction of sp³-hybridized carbons (Fsp3) is 0.364. The summed E-state index contributed by atoms with van der Waals surface area (Å²) in [6.45, 7) is 0.664. The molecule has 1 aromatic rings. The van der Waals surface area contributed by atoms with Gasteiger partial charge in [-0.25, -0.2) is 8.42 Å². The number of anilines is 1. The number of aldehydes is 1. The highest BCUT2D eigenvalue weighted by Gasteiger charge is 2.23. The van der Waals surface area contributed by atoms with E-state index in [-0.39, 0.29) is 22.8 Å². The van der Waals surface area contributed by atoms with E-state index in [2.05, 4.69) is 0 Å². The minimum absolute atomic E-state index is 0.00377. The predicted molar refractivity (Wildman–Crippen MR) is 69.4 cm³/mol. The maximum atomic E-state index is 11.3. The van der Waals surface area contributed by atoms with Crippen molar-refractivity contribution in [3.63, 3.8) is 0 Å². The highest BCUT2D eigenvalue weighted by Crippen LogP contribution is 2.24. The number of carbonyl (C=O) groups is 1. The van der Waals surface area contributed by atoms with Crippen LogP contribution < -0.4 is 4.90 Å². The number of benzene rings is 1. The Morgan fingerprint density at radius 3 is 2.42 bits per heavy atom. The average Bonchev–Trinajstić information content (AvgIpc) is 2.37. The Bertz CT molecular complexity index is 612. The van der Waals surface area contributed by atoms with Crippen molar-refractivity contribution in [1.29, 1.82) is 0 Å². The molecule has 8 heteroatoms. The molecule has 0 aromatic heterocycles. The van der Waals surface area contributed by atoms with Crippen LogP contribution in [0, 0.1) is 10.1 Å². The van der Waals surface area contributed by atoms with E-state index in [0.29, 0.717) is 25.1 Å². The molecule has 2 rings (SSSR count). The van der Waals surface area contributed by atoms with Crippen molar-refractivity contribution in [2.24, 2.45) is 0 Å². The van der Waals surface area contributed by atoms with Crippen LogP contribution in [0.5, 0.6) is 0 Å². The molecule has 0 N–H and O–H groups in total. The molecule has 0 amide bonds. The lowest BCUT2D eigenvalue weighted by atomic mass is 10.1. The number of sulfone groups is 1. The van der Waals surface area contributed by atoms with E-state index in [4.69, 9.17) is 0 Å². The maximum Gasteiger partial charge on any atom is 0.280 e. The summed E-state index contributed by atoms with van der Waals surface area (Å²) in [6, 6.07) is 4.22. The van der Waals surface area contributed by atoms with Gasteiger partial charge in [0.05, 0.1) is 22.0 Å². The molecular formula is C11H12N2O5S. The average molecular weight is 284 g/mol. The molecule has 0 radical (unpaired) electrons.